The number of likely N-dealkylation sites (tertiary alicyclic amines) is 1. The Hall–Kier alpha value is -7.46. The number of para-hydroxylation sites is 2. The fourth-order valence-corrected chi connectivity index (χ4v) is 8.68. The Morgan fingerprint density at radius 2 is 1.57 bits per heavy atom. The third-order valence-electron chi connectivity index (χ3n) is 12.1. The number of rotatable bonds is 20. The maximum atomic E-state index is 14.0. The first-order valence-corrected chi connectivity index (χ1v) is 22.5. The van der Waals surface area contributed by atoms with Crippen LogP contribution in [0.1, 0.15) is 44.8 Å². The van der Waals surface area contributed by atoms with E-state index in [2.05, 4.69) is 40.5 Å². The molecule has 2 atom stereocenters. The van der Waals surface area contributed by atoms with Gasteiger partial charge in [0, 0.05) is 55.4 Å². The van der Waals surface area contributed by atoms with Gasteiger partial charge in [-0.1, -0.05) is 41.6 Å². The molecule has 0 aliphatic carbocycles. The average molecular weight is 926 g/mol. The Labute approximate surface area is 390 Å². The molecule has 9 rings (SSSR count). The van der Waals surface area contributed by atoms with Gasteiger partial charge in [-0.15, -0.1) is 5.10 Å². The summed E-state index contributed by atoms with van der Waals surface area (Å²) >= 11 is 0. The van der Waals surface area contributed by atoms with Crippen LogP contribution in [0.4, 0.5) is 11.5 Å². The normalized spacial score (nSPS) is 17.7. The van der Waals surface area contributed by atoms with Crippen molar-refractivity contribution in [3.8, 4) is 5.69 Å². The van der Waals surface area contributed by atoms with E-state index in [0.29, 0.717) is 58.2 Å². The minimum absolute atomic E-state index is 0.00804. The first-order chi connectivity index (χ1) is 33.2. The molecule has 21 nitrogen and oxygen atoms in total. The van der Waals surface area contributed by atoms with Gasteiger partial charge >= 0.3 is 0 Å². The molecule has 0 saturated carbocycles. The van der Waals surface area contributed by atoms with Gasteiger partial charge in [0.15, 0.2) is 0 Å². The van der Waals surface area contributed by atoms with Crippen molar-refractivity contribution >= 4 is 51.9 Å². The Morgan fingerprint density at radius 1 is 0.809 bits per heavy atom. The van der Waals surface area contributed by atoms with E-state index in [4.69, 9.17) is 19.9 Å². The molecule has 6 aromatic rings. The Balaban J connectivity index is 0.684. The van der Waals surface area contributed by atoms with Gasteiger partial charge < -0.3 is 30.2 Å². The van der Waals surface area contributed by atoms with Crippen molar-refractivity contribution in [2.75, 3.05) is 76.5 Å². The number of amides is 5. The van der Waals surface area contributed by atoms with Gasteiger partial charge in [-0.3, -0.25) is 38.7 Å². The third kappa shape index (κ3) is 10.1. The molecule has 0 spiro atoms. The summed E-state index contributed by atoms with van der Waals surface area (Å²) in [5, 5.41) is 17.1. The van der Waals surface area contributed by atoms with Crippen molar-refractivity contribution in [2.24, 2.45) is 0 Å². The van der Waals surface area contributed by atoms with Gasteiger partial charge in [-0.2, -0.15) is 5.10 Å². The first kappa shape index (κ1) is 45.7. The fourth-order valence-electron chi connectivity index (χ4n) is 8.68. The van der Waals surface area contributed by atoms with E-state index in [0.717, 1.165) is 37.8 Å². The molecular weight excluding hydrogens is 875 g/mol. The Morgan fingerprint density at radius 3 is 2.38 bits per heavy atom. The van der Waals surface area contributed by atoms with Crippen molar-refractivity contribution in [1.82, 2.24) is 54.8 Å². The number of hydrogen-bond acceptors (Lipinski definition) is 16. The lowest BCUT2D eigenvalue weighted by molar-refractivity contribution is -0.152. The summed E-state index contributed by atoms with van der Waals surface area (Å²) in [6.45, 7) is 4.39. The third-order valence-corrected chi connectivity index (χ3v) is 12.1. The van der Waals surface area contributed by atoms with Crippen LogP contribution in [-0.4, -0.2) is 157 Å². The number of carbonyl (C=O) groups is 5. The monoisotopic (exact) mass is 925 g/mol. The summed E-state index contributed by atoms with van der Waals surface area (Å²) in [6, 6.07) is 20.8. The highest BCUT2D eigenvalue weighted by Gasteiger charge is 2.47. The molecule has 68 heavy (non-hydrogen) atoms. The molecule has 2 fully saturated rings. The molecule has 0 radical (unpaired) electrons. The zero-order valence-corrected chi connectivity index (χ0v) is 37.3. The number of nitrogen functional groups attached to an aromatic ring is 1. The lowest BCUT2D eigenvalue weighted by atomic mass is 10.0. The summed E-state index contributed by atoms with van der Waals surface area (Å²) in [4.78, 5) is 81.4. The second-order valence-corrected chi connectivity index (χ2v) is 16.5. The minimum atomic E-state index is -1.10. The maximum absolute atomic E-state index is 14.0. The topological polar surface area (TPSA) is 238 Å². The molecule has 5 amide bonds. The lowest BCUT2D eigenvalue weighted by Crippen LogP contribution is -2.58. The zero-order valence-electron chi connectivity index (χ0n) is 37.3. The van der Waals surface area contributed by atoms with E-state index in [1.807, 2.05) is 71.7 Å². The number of benzene rings is 3. The van der Waals surface area contributed by atoms with Gasteiger partial charge in [-0.05, 0) is 42.8 Å². The van der Waals surface area contributed by atoms with E-state index in [1.54, 1.807) is 23.3 Å². The van der Waals surface area contributed by atoms with E-state index >= 15 is 0 Å². The van der Waals surface area contributed by atoms with Crippen LogP contribution in [0.15, 0.2) is 97.7 Å². The van der Waals surface area contributed by atoms with E-state index in [1.165, 1.54) is 12.1 Å². The Kier molecular flexibility index (Phi) is 14.1. The van der Waals surface area contributed by atoms with Gasteiger partial charge in [0.05, 0.1) is 94.0 Å². The number of anilines is 2. The van der Waals surface area contributed by atoms with Crippen LogP contribution < -0.4 is 16.0 Å². The second-order valence-electron chi connectivity index (χ2n) is 16.5. The fraction of sp³-hybridized carbons (Fsp3) is 0.362. The van der Waals surface area contributed by atoms with Gasteiger partial charge in [0.2, 0.25) is 11.8 Å². The largest absolute Gasteiger partial charge is 0.398 e. The summed E-state index contributed by atoms with van der Waals surface area (Å²) in [5.41, 5.74) is 9.73. The van der Waals surface area contributed by atoms with Gasteiger partial charge in [0.1, 0.15) is 29.9 Å². The number of ether oxygens (including phenoxy) is 3. The van der Waals surface area contributed by atoms with E-state index in [9.17, 15) is 24.0 Å². The van der Waals surface area contributed by atoms with Crippen molar-refractivity contribution in [2.45, 2.75) is 44.6 Å². The van der Waals surface area contributed by atoms with E-state index in [-0.39, 0.29) is 68.5 Å². The molecule has 352 valence electrons. The van der Waals surface area contributed by atoms with Crippen LogP contribution in [0.5, 0.6) is 0 Å². The molecule has 2 saturated heterocycles. The molecular formula is C47H51N13O8. The summed E-state index contributed by atoms with van der Waals surface area (Å²) in [5.74, 6) is -1.59. The molecule has 3 N–H and O–H groups in total. The van der Waals surface area contributed by atoms with Crippen LogP contribution in [0.3, 0.4) is 0 Å². The number of piperazine rings is 1. The minimum Gasteiger partial charge on any atom is -0.398 e. The SMILES string of the molecule is Nc1cccc2c1C(=O)N(C1CCC(=O)N(CCOCCOCCOCCn3cc(CNC(=O)C4CN(c5ncnc6ccccc56)CCN4Cc4cnn(-c5ccccc5)c4)nn3)C1=O)C2=O. The molecule has 6 heterocycles. The van der Waals surface area contributed by atoms with Crippen LogP contribution >= 0.6 is 0 Å². The van der Waals surface area contributed by atoms with Crippen molar-refractivity contribution in [1.29, 1.82) is 0 Å². The molecule has 3 aliphatic heterocycles. The zero-order chi connectivity index (χ0) is 47.0. The highest BCUT2D eigenvalue weighted by atomic mass is 16.5. The average Bonchev–Trinajstić information content (AvgIpc) is 4.09. The molecule has 3 aliphatic rings. The van der Waals surface area contributed by atoms with Gasteiger partial charge in [-0.25, -0.2) is 19.3 Å². The lowest BCUT2D eigenvalue weighted by Gasteiger charge is -2.41. The van der Waals surface area contributed by atoms with Crippen molar-refractivity contribution in [3.63, 3.8) is 0 Å². The standard InChI is InChI=1S/C47H51N13O8/c48-37-11-6-10-36-42(37)47(65)60(45(36)63)39-13-14-41(61)58(46(39)64)18-20-67-22-24-68-23-21-66-19-17-57-29-33(53-54-57)26-49-44(62)40-30-56(43-35-9-4-5-12-38(35)50-31-51-43)16-15-55(40)27-32-25-52-59(28-32)34-7-2-1-3-8-34/h1-12,25,28-29,31,39-40H,13-24,26-27,30,48H2,(H,49,62). The van der Waals surface area contributed by atoms with Crippen LogP contribution in [0.2, 0.25) is 0 Å². The number of aromatic nitrogens is 7. The Bertz CT molecular complexity index is 2780. The maximum Gasteiger partial charge on any atom is 0.264 e. The van der Waals surface area contributed by atoms with Crippen LogP contribution in [0, 0.1) is 0 Å². The van der Waals surface area contributed by atoms with E-state index < -0.39 is 35.7 Å². The summed E-state index contributed by atoms with van der Waals surface area (Å²) in [6.07, 6.45) is 7.23. The first-order valence-electron chi connectivity index (χ1n) is 22.5. The highest BCUT2D eigenvalue weighted by Crippen LogP contribution is 2.32. The number of nitrogens with zero attached hydrogens (tertiary/aromatic N) is 11. The molecule has 3 aromatic heterocycles. The smallest absolute Gasteiger partial charge is 0.264 e. The predicted octanol–water partition coefficient (Wildman–Crippen LogP) is 1.86. The van der Waals surface area contributed by atoms with Crippen molar-refractivity contribution < 1.29 is 38.2 Å². The summed E-state index contributed by atoms with van der Waals surface area (Å²) in [7, 11) is 0. The van der Waals surface area contributed by atoms with Crippen LogP contribution in [-0.2, 0) is 48.2 Å². The number of nitrogens with one attached hydrogen (secondary N) is 1. The number of carbonyl (C=O) groups excluding carboxylic acids is 5. The highest BCUT2D eigenvalue weighted by molar-refractivity contribution is 6.25. The number of fused-ring (bicyclic) bond motifs is 2. The van der Waals surface area contributed by atoms with Crippen molar-refractivity contribution in [3.05, 3.63) is 120 Å². The number of piperidine rings is 1. The quantitative estimate of drug-likeness (QED) is 0.0631. The number of hydrogen-bond donors (Lipinski definition) is 2. The number of imide groups is 2. The molecule has 21 heteroatoms. The van der Waals surface area contributed by atoms with Gasteiger partial charge in [0.25, 0.3) is 17.7 Å². The summed E-state index contributed by atoms with van der Waals surface area (Å²) < 4.78 is 20.4. The molecule has 0 bridgehead atoms. The van der Waals surface area contributed by atoms with Crippen LogP contribution in [0.25, 0.3) is 16.6 Å². The molecule has 3 aromatic carbocycles. The predicted molar refractivity (Wildman–Crippen MR) is 245 cm³/mol. The number of nitrogens with two attached hydrogens (primary N) is 1. The molecule has 2 unspecified atom stereocenters. The second kappa shape index (κ2) is 21.0.